The van der Waals surface area contributed by atoms with E-state index in [4.69, 9.17) is 0 Å². The number of fused-ring (bicyclic) bond motifs is 2. The van der Waals surface area contributed by atoms with Crippen molar-refractivity contribution in [2.75, 3.05) is 17.2 Å². The number of aromatic hydroxyl groups is 1. The summed E-state index contributed by atoms with van der Waals surface area (Å²) in [6.45, 7) is 1.10. The van der Waals surface area contributed by atoms with Crippen LogP contribution in [-0.4, -0.2) is 28.7 Å². The molecule has 0 saturated carbocycles. The van der Waals surface area contributed by atoms with Crippen LogP contribution < -0.4 is 4.90 Å². The topological polar surface area (TPSA) is 23.5 Å². The van der Waals surface area contributed by atoms with Crippen LogP contribution in [0.2, 0.25) is 0 Å². The average molecular weight is 207 g/mol. The van der Waals surface area contributed by atoms with Gasteiger partial charge in [0, 0.05) is 23.6 Å². The van der Waals surface area contributed by atoms with E-state index in [2.05, 4.69) is 16.7 Å². The van der Waals surface area contributed by atoms with Gasteiger partial charge in [-0.25, -0.2) is 0 Å². The second-order valence-electron chi connectivity index (χ2n) is 3.99. The molecule has 74 valence electrons. The summed E-state index contributed by atoms with van der Waals surface area (Å²) >= 11 is 2.07. The SMILES string of the molecule is Oc1ccccc1N1CC2CC1CS2. The first-order chi connectivity index (χ1) is 6.84. The molecule has 1 aromatic rings. The van der Waals surface area contributed by atoms with Gasteiger partial charge in [0.25, 0.3) is 0 Å². The van der Waals surface area contributed by atoms with Gasteiger partial charge in [0.05, 0.1) is 5.69 Å². The highest BCUT2D eigenvalue weighted by Crippen LogP contribution is 2.42. The Balaban J connectivity index is 1.93. The number of hydrogen-bond acceptors (Lipinski definition) is 3. The average Bonchev–Trinajstić information content (AvgIpc) is 2.79. The molecule has 2 aliphatic rings. The summed E-state index contributed by atoms with van der Waals surface area (Å²) in [4.78, 5) is 2.36. The molecule has 2 saturated heterocycles. The molecule has 3 heteroatoms. The first-order valence-corrected chi connectivity index (χ1v) is 6.06. The van der Waals surface area contributed by atoms with Gasteiger partial charge in [0.15, 0.2) is 0 Å². The molecule has 1 aromatic carbocycles. The Labute approximate surface area is 87.9 Å². The van der Waals surface area contributed by atoms with Crippen molar-refractivity contribution in [1.82, 2.24) is 0 Å². The Hall–Kier alpha value is -0.830. The van der Waals surface area contributed by atoms with Gasteiger partial charge in [0.2, 0.25) is 0 Å². The summed E-state index contributed by atoms with van der Waals surface area (Å²) < 4.78 is 0. The maximum absolute atomic E-state index is 9.75. The number of hydrogen-bond donors (Lipinski definition) is 1. The number of rotatable bonds is 1. The van der Waals surface area contributed by atoms with Crippen LogP contribution in [0.3, 0.4) is 0 Å². The smallest absolute Gasteiger partial charge is 0.138 e. The first-order valence-electron chi connectivity index (χ1n) is 5.01. The molecule has 0 spiro atoms. The fourth-order valence-electron chi connectivity index (χ4n) is 2.40. The molecule has 14 heavy (non-hydrogen) atoms. The van der Waals surface area contributed by atoms with Crippen molar-refractivity contribution >= 4 is 17.4 Å². The van der Waals surface area contributed by atoms with Gasteiger partial charge in [-0.05, 0) is 18.6 Å². The summed E-state index contributed by atoms with van der Waals surface area (Å²) in [5.41, 5.74) is 1.01. The Morgan fingerprint density at radius 3 is 2.86 bits per heavy atom. The molecule has 0 amide bonds. The summed E-state index contributed by atoms with van der Waals surface area (Å²) in [5, 5.41) is 10.5. The predicted octanol–water partition coefficient (Wildman–Crippen LogP) is 2.09. The van der Waals surface area contributed by atoms with Crippen LogP contribution in [0.1, 0.15) is 6.42 Å². The first kappa shape index (κ1) is 8.48. The van der Waals surface area contributed by atoms with E-state index in [1.807, 2.05) is 18.2 Å². The minimum atomic E-state index is 0.421. The number of phenolic OH excluding ortho intramolecular Hbond substituents is 1. The fourth-order valence-corrected chi connectivity index (χ4v) is 3.84. The number of phenols is 1. The monoisotopic (exact) mass is 207 g/mol. The molecule has 2 atom stereocenters. The molecule has 2 aliphatic heterocycles. The summed E-state index contributed by atoms with van der Waals surface area (Å²) in [6.07, 6.45) is 1.29. The molecule has 2 nitrogen and oxygen atoms in total. The molecular weight excluding hydrogens is 194 g/mol. The van der Waals surface area contributed by atoms with Crippen LogP contribution in [0.25, 0.3) is 0 Å². The second-order valence-corrected chi connectivity index (χ2v) is 5.32. The molecule has 0 aliphatic carbocycles. The number of anilines is 1. The minimum Gasteiger partial charge on any atom is -0.506 e. The molecule has 0 radical (unpaired) electrons. The molecule has 3 rings (SSSR count). The van der Waals surface area contributed by atoms with Crippen molar-refractivity contribution in [2.45, 2.75) is 17.7 Å². The number of thioether (sulfide) groups is 1. The lowest BCUT2D eigenvalue weighted by molar-refractivity contribution is 0.473. The van der Waals surface area contributed by atoms with Gasteiger partial charge >= 0.3 is 0 Å². The van der Waals surface area contributed by atoms with Crippen LogP contribution in [-0.2, 0) is 0 Å². The van der Waals surface area contributed by atoms with Crippen LogP contribution in [0.4, 0.5) is 5.69 Å². The molecule has 0 aromatic heterocycles. The lowest BCUT2D eigenvalue weighted by Gasteiger charge is -2.29. The van der Waals surface area contributed by atoms with Crippen molar-refractivity contribution < 1.29 is 5.11 Å². The van der Waals surface area contributed by atoms with E-state index >= 15 is 0 Å². The van der Waals surface area contributed by atoms with Gasteiger partial charge in [0.1, 0.15) is 5.75 Å². The highest BCUT2D eigenvalue weighted by molar-refractivity contribution is 8.00. The standard InChI is InChI=1S/C11H13NOS/c13-11-4-2-1-3-10(11)12-6-9-5-8(12)7-14-9/h1-4,8-9,13H,5-7H2. The zero-order valence-corrected chi connectivity index (χ0v) is 8.70. The number of benzene rings is 1. The third-order valence-corrected chi connectivity index (χ3v) is 4.48. The quantitative estimate of drug-likeness (QED) is 0.762. The minimum absolute atomic E-state index is 0.421. The van der Waals surface area contributed by atoms with E-state index in [-0.39, 0.29) is 0 Å². The largest absolute Gasteiger partial charge is 0.506 e. The van der Waals surface area contributed by atoms with Crippen molar-refractivity contribution in [3.8, 4) is 5.75 Å². The van der Waals surface area contributed by atoms with Gasteiger partial charge < -0.3 is 10.0 Å². The third-order valence-electron chi connectivity index (χ3n) is 3.09. The number of nitrogens with zero attached hydrogens (tertiary/aromatic N) is 1. The van der Waals surface area contributed by atoms with E-state index < -0.39 is 0 Å². The van der Waals surface area contributed by atoms with E-state index in [0.29, 0.717) is 11.8 Å². The third kappa shape index (κ3) is 1.19. The number of para-hydroxylation sites is 2. The van der Waals surface area contributed by atoms with Gasteiger partial charge in [-0.2, -0.15) is 11.8 Å². The molecule has 2 fully saturated rings. The molecule has 2 heterocycles. The highest BCUT2D eigenvalue weighted by atomic mass is 32.2. The van der Waals surface area contributed by atoms with E-state index in [0.717, 1.165) is 17.5 Å². The summed E-state index contributed by atoms with van der Waals surface area (Å²) in [6, 6.07) is 8.31. The summed E-state index contributed by atoms with van der Waals surface area (Å²) in [5.74, 6) is 1.64. The maximum atomic E-state index is 9.75. The second kappa shape index (κ2) is 3.09. The summed E-state index contributed by atoms with van der Waals surface area (Å²) in [7, 11) is 0. The Kier molecular flexibility index (Phi) is 1.87. The molecule has 2 bridgehead atoms. The zero-order chi connectivity index (χ0) is 9.54. The fraction of sp³-hybridized carbons (Fsp3) is 0.455. The molecule has 2 unspecified atom stereocenters. The predicted molar refractivity (Wildman–Crippen MR) is 60.1 cm³/mol. The maximum Gasteiger partial charge on any atom is 0.138 e. The Bertz CT molecular complexity index is 355. The van der Waals surface area contributed by atoms with E-state index in [1.54, 1.807) is 6.07 Å². The lowest BCUT2D eigenvalue weighted by atomic mass is 10.2. The molecule has 1 N–H and O–H groups in total. The highest BCUT2D eigenvalue weighted by Gasteiger charge is 2.39. The van der Waals surface area contributed by atoms with Gasteiger partial charge in [-0.15, -0.1) is 0 Å². The van der Waals surface area contributed by atoms with Crippen LogP contribution in [0.5, 0.6) is 5.75 Å². The Morgan fingerprint density at radius 1 is 1.36 bits per heavy atom. The van der Waals surface area contributed by atoms with Crippen molar-refractivity contribution in [2.24, 2.45) is 0 Å². The van der Waals surface area contributed by atoms with Crippen molar-refractivity contribution in [3.05, 3.63) is 24.3 Å². The van der Waals surface area contributed by atoms with Crippen molar-refractivity contribution in [1.29, 1.82) is 0 Å². The van der Waals surface area contributed by atoms with Gasteiger partial charge in [-0.3, -0.25) is 0 Å². The Morgan fingerprint density at radius 2 is 2.21 bits per heavy atom. The van der Waals surface area contributed by atoms with E-state index in [1.165, 1.54) is 12.2 Å². The van der Waals surface area contributed by atoms with Crippen LogP contribution in [0, 0.1) is 0 Å². The van der Waals surface area contributed by atoms with Crippen molar-refractivity contribution in [3.63, 3.8) is 0 Å². The van der Waals surface area contributed by atoms with Crippen LogP contribution in [0.15, 0.2) is 24.3 Å². The molecular formula is C11H13NOS. The van der Waals surface area contributed by atoms with Gasteiger partial charge in [-0.1, -0.05) is 12.1 Å². The zero-order valence-electron chi connectivity index (χ0n) is 7.89. The van der Waals surface area contributed by atoms with Crippen LogP contribution >= 0.6 is 11.8 Å². The van der Waals surface area contributed by atoms with E-state index in [9.17, 15) is 5.11 Å². The normalized spacial score (nSPS) is 29.9. The lowest BCUT2D eigenvalue weighted by Crippen LogP contribution is -2.33.